The van der Waals surface area contributed by atoms with E-state index < -0.39 is 9.84 Å². The van der Waals surface area contributed by atoms with E-state index >= 15 is 0 Å². The number of amides is 1. The van der Waals surface area contributed by atoms with E-state index in [4.69, 9.17) is 14.7 Å². The first-order chi connectivity index (χ1) is 12.3. The van der Waals surface area contributed by atoms with Gasteiger partial charge in [0, 0.05) is 37.8 Å². The number of methoxy groups -OCH3 is 1. The molecule has 142 valence electrons. The van der Waals surface area contributed by atoms with Gasteiger partial charge < -0.3 is 14.4 Å². The molecule has 1 fully saturated rings. The highest BCUT2D eigenvalue weighted by Crippen LogP contribution is 2.29. The molecule has 0 N–H and O–H groups in total. The van der Waals surface area contributed by atoms with Crippen LogP contribution in [0.5, 0.6) is 11.5 Å². The standard InChI is InChI=1S/C18H24N2O5S/c1-24-17-10-14(11-19)5-6-16(17)25-13-15-4-3-8-20(12-15)18(21)7-9-26(2,22)23/h5-6,10,15H,3-4,7-9,12-13H2,1-2H3. The minimum absolute atomic E-state index is 0.0237. The average molecular weight is 380 g/mol. The van der Waals surface area contributed by atoms with E-state index in [0.29, 0.717) is 36.8 Å². The number of likely N-dealkylation sites (tertiary alicyclic amines) is 1. The molecule has 1 aromatic carbocycles. The number of carbonyl (C=O) groups excluding carboxylic acids is 1. The van der Waals surface area contributed by atoms with Crippen molar-refractivity contribution in [3.8, 4) is 17.6 Å². The SMILES string of the molecule is COc1cc(C#N)ccc1OCC1CCCN(C(=O)CCS(C)(=O)=O)C1. The van der Waals surface area contributed by atoms with Crippen molar-refractivity contribution < 1.29 is 22.7 Å². The third-order valence-corrected chi connectivity index (χ3v) is 5.27. The van der Waals surface area contributed by atoms with Crippen LogP contribution in [-0.2, 0) is 14.6 Å². The molecule has 1 aliphatic rings. The summed E-state index contributed by atoms with van der Waals surface area (Å²) >= 11 is 0. The van der Waals surface area contributed by atoms with Crippen molar-refractivity contribution in [1.82, 2.24) is 4.90 Å². The Bertz CT molecular complexity index is 785. The van der Waals surface area contributed by atoms with Crippen LogP contribution < -0.4 is 9.47 Å². The van der Waals surface area contributed by atoms with Crippen molar-refractivity contribution in [3.05, 3.63) is 23.8 Å². The number of benzene rings is 1. The minimum Gasteiger partial charge on any atom is -0.493 e. The van der Waals surface area contributed by atoms with E-state index in [1.54, 1.807) is 23.1 Å². The van der Waals surface area contributed by atoms with Crippen molar-refractivity contribution in [2.75, 3.05) is 38.8 Å². The second-order valence-electron chi connectivity index (χ2n) is 6.52. The fraction of sp³-hybridized carbons (Fsp3) is 0.556. The van der Waals surface area contributed by atoms with Gasteiger partial charge >= 0.3 is 0 Å². The molecule has 2 rings (SSSR count). The molecule has 0 radical (unpaired) electrons. The third kappa shape index (κ3) is 5.92. The number of piperidine rings is 1. The molecule has 1 aliphatic heterocycles. The number of nitriles is 1. The van der Waals surface area contributed by atoms with Gasteiger partial charge in [0.05, 0.1) is 31.1 Å². The Morgan fingerprint density at radius 2 is 2.15 bits per heavy atom. The molecule has 0 spiro atoms. The lowest BCUT2D eigenvalue weighted by Crippen LogP contribution is -2.42. The Balaban J connectivity index is 1.90. The van der Waals surface area contributed by atoms with E-state index in [1.807, 2.05) is 0 Å². The molecule has 1 heterocycles. The Kier molecular flexibility index (Phi) is 6.86. The highest BCUT2D eigenvalue weighted by Gasteiger charge is 2.25. The number of ether oxygens (including phenoxy) is 2. The summed E-state index contributed by atoms with van der Waals surface area (Å²) in [6.45, 7) is 1.64. The van der Waals surface area contributed by atoms with Crippen LogP contribution in [-0.4, -0.2) is 58.0 Å². The van der Waals surface area contributed by atoms with E-state index in [1.165, 1.54) is 7.11 Å². The number of sulfone groups is 1. The van der Waals surface area contributed by atoms with Gasteiger partial charge in [-0.25, -0.2) is 8.42 Å². The summed E-state index contributed by atoms with van der Waals surface area (Å²) in [6.07, 6.45) is 2.96. The Morgan fingerprint density at radius 1 is 1.38 bits per heavy atom. The zero-order chi connectivity index (χ0) is 19.2. The lowest BCUT2D eigenvalue weighted by Gasteiger charge is -2.32. The molecule has 0 aliphatic carbocycles. The van der Waals surface area contributed by atoms with Gasteiger partial charge in [-0.1, -0.05) is 0 Å². The van der Waals surface area contributed by atoms with Gasteiger partial charge in [-0.05, 0) is 25.0 Å². The minimum atomic E-state index is -3.14. The zero-order valence-corrected chi connectivity index (χ0v) is 15.9. The van der Waals surface area contributed by atoms with Gasteiger partial charge in [0.25, 0.3) is 0 Å². The molecule has 1 atom stereocenters. The highest BCUT2D eigenvalue weighted by molar-refractivity contribution is 7.90. The first-order valence-corrected chi connectivity index (χ1v) is 10.5. The van der Waals surface area contributed by atoms with Crippen LogP contribution in [0.4, 0.5) is 0 Å². The Morgan fingerprint density at radius 3 is 2.81 bits per heavy atom. The van der Waals surface area contributed by atoms with Gasteiger partial charge in [-0.2, -0.15) is 5.26 Å². The van der Waals surface area contributed by atoms with Crippen LogP contribution in [0.25, 0.3) is 0 Å². The van der Waals surface area contributed by atoms with E-state index in [-0.39, 0.29) is 24.0 Å². The van der Waals surface area contributed by atoms with Crippen molar-refractivity contribution >= 4 is 15.7 Å². The summed E-state index contributed by atoms with van der Waals surface area (Å²) in [4.78, 5) is 13.9. The molecule has 7 nitrogen and oxygen atoms in total. The molecule has 8 heteroatoms. The predicted octanol–water partition coefficient (Wildman–Crippen LogP) is 1.62. The molecular formula is C18H24N2O5S. The van der Waals surface area contributed by atoms with Crippen LogP contribution >= 0.6 is 0 Å². The van der Waals surface area contributed by atoms with Crippen molar-refractivity contribution in [2.24, 2.45) is 5.92 Å². The van der Waals surface area contributed by atoms with Crippen LogP contribution in [0, 0.1) is 17.2 Å². The lowest BCUT2D eigenvalue weighted by atomic mass is 9.98. The summed E-state index contributed by atoms with van der Waals surface area (Å²) in [5.41, 5.74) is 0.495. The van der Waals surface area contributed by atoms with E-state index in [9.17, 15) is 13.2 Å². The molecule has 1 amide bonds. The molecule has 1 aromatic rings. The number of rotatable bonds is 7. The maximum Gasteiger partial charge on any atom is 0.223 e. The van der Waals surface area contributed by atoms with E-state index in [0.717, 1.165) is 19.1 Å². The lowest BCUT2D eigenvalue weighted by molar-refractivity contribution is -0.132. The maximum absolute atomic E-state index is 12.2. The molecular weight excluding hydrogens is 356 g/mol. The monoisotopic (exact) mass is 380 g/mol. The first kappa shape index (κ1) is 20.0. The summed E-state index contributed by atoms with van der Waals surface area (Å²) in [5.74, 6) is 0.988. The number of carbonyl (C=O) groups is 1. The second kappa shape index (κ2) is 8.90. The van der Waals surface area contributed by atoms with Gasteiger partial charge in [0.1, 0.15) is 9.84 Å². The Labute approximate surface area is 154 Å². The van der Waals surface area contributed by atoms with Gasteiger partial charge in [-0.3, -0.25) is 4.79 Å². The summed E-state index contributed by atoms with van der Waals surface area (Å²) in [5, 5.41) is 8.94. The average Bonchev–Trinajstić information content (AvgIpc) is 2.63. The van der Waals surface area contributed by atoms with Crippen molar-refractivity contribution in [3.63, 3.8) is 0 Å². The van der Waals surface area contributed by atoms with Gasteiger partial charge in [0.2, 0.25) is 5.91 Å². The summed E-state index contributed by atoms with van der Waals surface area (Å²) < 4.78 is 33.5. The van der Waals surface area contributed by atoms with E-state index in [2.05, 4.69) is 6.07 Å². The number of hydrogen-bond donors (Lipinski definition) is 0. The topological polar surface area (TPSA) is 96.7 Å². The highest BCUT2D eigenvalue weighted by atomic mass is 32.2. The fourth-order valence-corrected chi connectivity index (χ4v) is 3.47. The largest absolute Gasteiger partial charge is 0.493 e. The van der Waals surface area contributed by atoms with Crippen molar-refractivity contribution in [2.45, 2.75) is 19.3 Å². The smallest absolute Gasteiger partial charge is 0.223 e. The van der Waals surface area contributed by atoms with Crippen LogP contribution in [0.15, 0.2) is 18.2 Å². The molecule has 0 aromatic heterocycles. The zero-order valence-electron chi connectivity index (χ0n) is 15.1. The maximum atomic E-state index is 12.2. The molecule has 0 saturated carbocycles. The van der Waals surface area contributed by atoms with Crippen LogP contribution in [0.1, 0.15) is 24.8 Å². The number of nitrogens with zero attached hydrogens (tertiary/aromatic N) is 2. The second-order valence-corrected chi connectivity index (χ2v) is 8.78. The van der Waals surface area contributed by atoms with Gasteiger partial charge in [-0.15, -0.1) is 0 Å². The summed E-state index contributed by atoms with van der Waals surface area (Å²) in [6, 6.07) is 7.04. The fourth-order valence-electron chi connectivity index (χ4n) is 2.92. The first-order valence-electron chi connectivity index (χ1n) is 8.49. The Hall–Kier alpha value is -2.27. The van der Waals surface area contributed by atoms with Gasteiger partial charge in [0.15, 0.2) is 11.5 Å². The normalized spacial score (nSPS) is 17.4. The molecule has 1 unspecified atom stereocenters. The quantitative estimate of drug-likeness (QED) is 0.713. The predicted molar refractivity (Wildman–Crippen MR) is 96.8 cm³/mol. The van der Waals surface area contributed by atoms with Crippen molar-refractivity contribution in [1.29, 1.82) is 5.26 Å². The molecule has 0 bridgehead atoms. The van der Waals surface area contributed by atoms with Crippen LogP contribution in [0.2, 0.25) is 0 Å². The van der Waals surface area contributed by atoms with Crippen LogP contribution in [0.3, 0.4) is 0 Å². The number of hydrogen-bond acceptors (Lipinski definition) is 6. The third-order valence-electron chi connectivity index (χ3n) is 4.33. The molecule has 26 heavy (non-hydrogen) atoms. The summed E-state index contributed by atoms with van der Waals surface area (Å²) in [7, 11) is -1.62. The molecule has 1 saturated heterocycles.